The maximum Gasteiger partial charge on any atom is 0.254 e. The van der Waals surface area contributed by atoms with E-state index in [1.165, 1.54) is 0 Å². The van der Waals surface area contributed by atoms with E-state index in [0.717, 1.165) is 24.2 Å². The Hall–Kier alpha value is -3.55. The molecule has 1 aromatic heterocycles. The van der Waals surface area contributed by atoms with E-state index in [2.05, 4.69) is 10.1 Å². The summed E-state index contributed by atoms with van der Waals surface area (Å²) >= 11 is 0. The van der Waals surface area contributed by atoms with E-state index in [1.807, 2.05) is 24.3 Å². The number of amides is 1. The number of methoxy groups -OCH3 is 3. The smallest absolute Gasteiger partial charge is 0.254 e. The average Bonchev–Trinajstić information content (AvgIpc) is 3.47. The summed E-state index contributed by atoms with van der Waals surface area (Å²) in [5.41, 5.74) is 1.34. The van der Waals surface area contributed by atoms with Gasteiger partial charge in [-0.1, -0.05) is 5.16 Å². The number of carbonyl (C=O) groups is 1. The van der Waals surface area contributed by atoms with Crippen molar-refractivity contribution in [2.24, 2.45) is 0 Å². The first-order valence-electron chi connectivity index (χ1n) is 9.65. The molecule has 1 amide bonds. The summed E-state index contributed by atoms with van der Waals surface area (Å²) in [6.07, 6.45) is 1.63. The summed E-state index contributed by atoms with van der Waals surface area (Å²) in [5.74, 6) is 2.66. The summed E-state index contributed by atoms with van der Waals surface area (Å²) in [6.45, 7) is 0.623. The van der Waals surface area contributed by atoms with Crippen molar-refractivity contribution in [1.29, 1.82) is 0 Å². The Morgan fingerprint density at radius 3 is 2.50 bits per heavy atom. The average molecular weight is 409 g/mol. The van der Waals surface area contributed by atoms with Crippen molar-refractivity contribution in [3.05, 3.63) is 53.9 Å². The molecule has 2 heterocycles. The first kappa shape index (κ1) is 19.8. The third-order valence-corrected chi connectivity index (χ3v) is 5.22. The lowest BCUT2D eigenvalue weighted by Gasteiger charge is -2.22. The van der Waals surface area contributed by atoms with E-state index in [4.69, 9.17) is 18.7 Å². The summed E-state index contributed by atoms with van der Waals surface area (Å²) in [4.78, 5) is 19.5. The van der Waals surface area contributed by atoms with Gasteiger partial charge in [-0.05, 0) is 55.3 Å². The first-order valence-corrected chi connectivity index (χ1v) is 9.65. The van der Waals surface area contributed by atoms with Crippen molar-refractivity contribution in [2.45, 2.75) is 18.9 Å². The molecule has 30 heavy (non-hydrogen) atoms. The maximum absolute atomic E-state index is 13.2. The molecule has 0 bridgehead atoms. The lowest BCUT2D eigenvalue weighted by molar-refractivity contribution is 0.0709. The second-order valence-corrected chi connectivity index (χ2v) is 6.91. The fraction of sp³-hybridized carbons (Fsp3) is 0.318. The molecule has 4 rings (SSSR count). The predicted molar refractivity (Wildman–Crippen MR) is 109 cm³/mol. The van der Waals surface area contributed by atoms with E-state index in [1.54, 1.807) is 44.4 Å². The van der Waals surface area contributed by atoms with Crippen molar-refractivity contribution in [3.63, 3.8) is 0 Å². The molecular weight excluding hydrogens is 386 g/mol. The number of ether oxygens (including phenoxy) is 3. The van der Waals surface area contributed by atoms with Crippen LogP contribution >= 0.6 is 0 Å². The molecular formula is C22H23N3O5. The molecule has 8 heteroatoms. The Bertz CT molecular complexity index is 1030. The van der Waals surface area contributed by atoms with Crippen LogP contribution in [0.1, 0.15) is 35.1 Å². The molecule has 0 aliphatic carbocycles. The van der Waals surface area contributed by atoms with Crippen LogP contribution in [-0.4, -0.2) is 48.8 Å². The van der Waals surface area contributed by atoms with Crippen LogP contribution in [0, 0.1) is 0 Å². The van der Waals surface area contributed by atoms with E-state index in [9.17, 15) is 4.79 Å². The molecule has 0 radical (unpaired) electrons. The molecule has 1 atom stereocenters. The van der Waals surface area contributed by atoms with Crippen molar-refractivity contribution in [3.8, 4) is 28.6 Å². The highest BCUT2D eigenvalue weighted by atomic mass is 16.5. The van der Waals surface area contributed by atoms with Crippen LogP contribution in [0.5, 0.6) is 17.2 Å². The van der Waals surface area contributed by atoms with Gasteiger partial charge in [0.05, 0.1) is 21.3 Å². The summed E-state index contributed by atoms with van der Waals surface area (Å²) in [5, 5.41) is 4.10. The largest absolute Gasteiger partial charge is 0.497 e. The van der Waals surface area contributed by atoms with E-state index >= 15 is 0 Å². The van der Waals surface area contributed by atoms with Gasteiger partial charge < -0.3 is 23.6 Å². The monoisotopic (exact) mass is 409 g/mol. The van der Waals surface area contributed by atoms with Crippen molar-refractivity contribution in [2.75, 3.05) is 27.9 Å². The molecule has 1 fully saturated rings. The van der Waals surface area contributed by atoms with Crippen LogP contribution in [0.4, 0.5) is 0 Å². The standard InChI is InChI=1S/C22H23N3O5/c1-27-16-9-6-14(7-10-16)20-23-21(30-24-20)17-5-4-12-25(17)22(26)15-8-11-18(28-2)19(13-15)29-3/h6-11,13,17H,4-5,12H2,1-3H3/t17-/m1/s1. The van der Waals surface area contributed by atoms with Gasteiger partial charge in [0.15, 0.2) is 11.5 Å². The molecule has 3 aromatic rings. The number of aromatic nitrogens is 2. The molecule has 1 aliphatic heterocycles. The van der Waals surface area contributed by atoms with Gasteiger partial charge in [0.25, 0.3) is 5.91 Å². The molecule has 156 valence electrons. The van der Waals surface area contributed by atoms with Crippen molar-refractivity contribution < 1.29 is 23.5 Å². The van der Waals surface area contributed by atoms with Crippen LogP contribution in [0.25, 0.3) is 11.4 Å². The summed E-state index contributed by atoms with van der Waals surface area (Å²) in [6, 6.07) is 12.3. The number of rotatable bonds is 6. The predicted octanol–water partition coefficient (Wildman–Crippen LogP) is 3.74. The zero-order chi connectivity index (χ0) is 21.1. The normalized spacial score (nSPS) is 15.8. The summed E-state index contributed by atoms with van der Waals surface area (Å²) < 4.78 is 21.3. The lowest BCUT2D eigenvalue weighted by Crippen LogP contribution is -2.30. The zero-order valence-electron chi connectivity index (χ0n) is 17.1. The number of nitrogens with zero attached hydrogens (tertiary/aromatic N) is 3. The quantitative estimate of drug-likeness (QED) is 0.613. The van der Waals surface area contributed by atoms with Gasteiger partial charge in [-0.3, -0.25) is 4.79 Å². The Balaban J connectivity index is 1.56. The molecule has 2 aromatic carbocycles. The number of carbonyl (C=O) groups excluding carboxylic acids is 1. The van der Waals surface area contributed by atoms with Crippen LogP contribution in [0.3, 0.4) is 0 Å². The van der Waals surface area contributed by atoms with Gasteiger partial charge in [0.2, 0.25) is 11.7 Å². The van der Waals surface area contributed by atoms with Gasteiger partial charge in [0, 0.05) is 17.7 Å². The Kier molecular flexibility index (Phi) is 5.56. The van der Waals surface area contributed by atoms with E-state index < -0.39 is 0 Å². The van der Waals surface area contributed by atoms with Gasteiger partial charge in [0.1, 0.15) is 11.8 Å². The number of benzene rings is 2. The SMILES string of the molecule is COc1ccc(-c2noc([C@H]3CCCN3C(=O)c3ccc(OC)c(OC)c3)n2)cc1. The van der Waals surface area contributed by atoms with Gasteiger partial charge in [-0.15, -0.1) is 0 Å². The fourth-order valence-corrected chi connectivity index (χ4v) is 3.63. The molecule has 0 unspecified atom stereocenters. The fourth-order valence-electron chi connectivity index (χ4n) is 3.63. The highest BCUT2D eigenvalue weighted by Gasteiger charge is 2.35. The van der Waals surface area contributed by atoms with Crippen LogP contribution in [-0.2, 0) is 0 Å². The highest BCUT2D eigenvalue weighted by Crippen LogP contribution is 2.35. The minimum Gasteiger partial charge on any atom is -0.497 e. The summed E-state index contributed by atoms with van der Waals surface area (Å²) in [7, 11) is 4.72. The van der Waals surface area contributed by atoms with Crippen LogP contribution < -0.4 is 14.2 Å². The van der Waals surface area contributed by atoms with E-state index in [0.29, 0.717) is 35.3 Å². The Morgan fingerprint density at radius 1 is 1.03 bits per heavy atom. The zero-order valence-corrected chi connectivity index (χ0v) is 17.1. The molecule has 1 aliphatic rings. The van der Waals surface area contributed by atoms with E-state index in [-0.39, 0.29) is 11.9 Å². The minimum atomic E-state index is -0.259. The maximum atomic E-state index is 13.2. The van der Waals surface area contributed by atoms with Crippen molar-refractivity contribution >= 4 is 5.91 Å². The first-order chi connectivity index (χ1) is 14.6. The highest BCUT2D eigenvalue weighted by molar-refractivity contribution is 5.95. The van der Waals surface area contributed by atoms with Gasteiger partial charge >= 0.3 is 0 Å². The lowest BCUT2D eigenvalue weighted by atomic mass is 10.1. The Labute approximate surface area is 174 Å². The van der Waals surface area contributed by atoms with Crippen LogP contribution in [0.15, 0.2) is 47.0 Å². The van der Waals surface area contributed by atoms with Crippen LogP contribution in [0.2, 0.25) is 0 Å². The van der Waals surface area contributed by atoms with Crippen molar-refractivity contribution in [1.82, 2.24) is 15.0 Å². The van der Waals surface area contributed by atoms with Gasteiger partial charge in [-0.2, -0.15) is 4.98 Å². The number of hydrogen-bond donors (Lipinski definition) is 0. The molecule has 0 N–H and O–H groups in total. The second-order valence-electron chi connectivity index (χ2n) is 6.91. The van der Waals surface area contributed by atoms with Gasteiger partial charge in [-0.25, -0.2) is 0 Å². The Morgan fingerprint density at radius 2 is 1.80 bits per heavy atom. The third-order valence-electron chi connectivity index (χ3n) is 5.22. The minimum absolute atomic E-state index is 0.109. The molecule has 0 spiro atoms. The topological polar surface area (TPSA) is 86.9 Å². The number of hydrogen-bond acceptors (Lipinski definition) is 7. The number of likely N-dealkylation sites (tertiary alicyclic amines) is 1. The third kappa shape index (κ3) is 3.68. The molecule has 8 nitrogen and oxygen atoms in total. The molecule has 1 saturated heterocycles. The molecule has 0 saturated carbocycles. The second kappa shape index (κ2) is 8.44.